The Morgan fingerprint density at radius 3 is 2.76 bits per heavy atom. The first-order valence-electron chi connectivity index (χ1n) is 4.75. The highest BCUT2D eigenvalue weighted by molar-refractivity contribution is 7.20. The van der Waals surface area contributed by atoms with Crippen LogP contribution < -0.4 is 5.32 Å². The molecular formula is C11H8Cl2N2OS. The molecule has 0 saturated carbocycles. The lowest BCUT2D eigenvalue weighted by atomic mass is 10.3. The molecule has 2 aromatic heterocycles. The fourth-order valence-corrected chi connectivity index (χ4v) is 2.78. The third kappa shape index (κ3) is 2.97. The lowest BCUT2D eigenvalue weighted by molar-refractivity contribution is 0.102. The topological polar surface area (TPSA) is 42.0 Å². The van der Waals surface area contributed by atoms with E-state index in [0.717, 1.165) is 5.69 Å². The van der Waals surface area contributed by atoms with Gasteiger partial charge in [-0.1, -0.05) is 23.2 Å². The van der Waals surface area contributed by atoms with Crippen molar-refractivity contribution >= 4 is 46.1 Å². The molecule has 1 N–H and O–H groups in total. The molecule has 0 aliphatic carbocycles. The molecule has 88 valence electrons. The Balaban J connectivity index is 2.20. The normalized spacial score (nSPS) is 10.3. The minimum absolute atomic E-state index is 0.274. The number of amides is 1. The standard InChI is InChI=1S/C11H8Cl2N2OS/c1-6-4-7(2-3-14-6)15-11(16)8-5-9(12)17-10(8)13/h2-5H,1H3,(H,14,15,16). The molecule has 1 amide bonds. The Kier molecular flexibility index (Phi) is 3.66. The monoisotopic (exact) mass is 286 g/mol. The Morgan fingerprint density at radius 1 is 1.41 bits per heavy atom. The molecule has 0 saturated heterocycles. The van der Waals surface area contributed by atoms with Crippen molar-refractivity contribution in [3.8, 4) is 0 Å². The number of nitrogens with zero attached hydrogens (tertiary/aromatic N) is 1. The first-order valence-corrected chi connectivity index (χ1v) is 6.32. The van der Waals surface area contributed by atoms with E-state index in [2.05, 4.69) is 10.3 Å². The van der Waals surface area contributed by atoms with Crippen LogP contribution in [-0.4, -0.2) is 10.9 Å². The quantitative estimate of drug-likeness (QED) is 0.906. The van der Waals surface area contributed by atoms with E-state index in [-0.39, 0.29) is 5.91 Å². The number of halogens is 2. The number of anilines is 1. The molecule has 0 atom stereocenters. The zero-order chi connectivity index (χ0) is 12.4. The molecule has 0 fully saturated rings. The molecule has 3 nitrogen and oxygen atoms in total. The van der Waals surface area contributed by atoms with Gasteiger partial charge in [-0.05, 0) is 25.1 Å². The number of thiophene rings is 1. The van der Waals surface area contributed by atoms with E-state index in [9.17, 15) is 4.79 Å². The maximum Gasteiger partial charge on any atom is 0.258 e. The minimum atomic E-state index is -0.274. The van der Waals surface area contributed by atoms with Crippen molar-refractivity contribution in [2.24, 2.45) is 0 Å². The number of carbonyl (C=O) groups excluding carboxylic acids is 1. The summed E-state index contributed by atoms with van der Waals surface area (Å²) in [5.74, 6) is -0.274. The maximum atomic E-state index is 11.9. The van der Waals surface area contributed by atoms with Crippen LogP contribution in [0.3, 0.4) is 0 Å². The SMILES string of the molecule is Cc1cc(NC(=O)c2cc(Cl)sc2Cl)ccn1. The van der Waals surface area contributed by atoms with E-state index < -0.39 is 0 Å². The summed E-state index contributed by atoms with van der Waals surface area (Å²) >= 11 is 12.8. The Bertz CT molecular complexity index is 568. The van der Waals surface area contributed by atoms with Gasteiger partial charge in [-0.3, -0.25) is 9.78 Å². The Labute approximate surface area is 112 Å². The molecule has 2 rings (SSSR count). The first-order chi connectivity index (χ1) is 8.06. The highest BCUT2D eigenvalue weighted by Gasteiger charge is 2.14. The maximum absolute atomic E-state index is 11.9. The predicted octanol–water partition coefficient (Wildman–Crippen LogP) is 4.01. The van der Waals surface area contributed by atoms with Crippen LogP contribution in [0.4, 0.5) is 5.69 Å². The zero-order valence-corrected chi connectivity index (χ0v) is 11.2. The summed E-state index contributed by atoms with van der Waals surface area (Å²) in [6, 6.07) is 5.05. The van der Waals surface area contributed by atoms with Crippen LogP contribution in [0.1, 0.15) is 16.1 Å². The van der Waals surface area contributed by atoms with Crippen molar-refractivity contribution in [3.05, 3.63) is 44.3 Å². The first kappa shape index (κ1) is 12.4. The van der Waals surface area contributed by atoms with Crippen LogP contribution in [0.15, 0.2) is 24.4 Å². The van der Waals surface area contributed by atoms with Gasteiger partial charge in [0.15, 0.2) is 0 Å². The van der Waals surface area contributed by atoms with Gasteiger partial charge in [0.05, 0.1) is 9.90 Å². The fraction of sp³-hybridized carbons (Fsp3) is 0.0909. The molecular weight excluding hydrogens is 279 g/mol. The number of carbonyl (C=O) groups is 1. The number of hydrogen-bond donors (Lipinski definition) is 1. The van der Waals surface area contributed by atoms with Gasteiger partial charge in [0.25, 0.3) is 5.91 Å². The largest absolute Gasteiger partial charge is 0.322 e. The van der Waals surface area contributed by atoms with Crippen molar-refractivity contribution in [2.45, 2.75) is 6.92 Å². The number of aromatic nitrogens is 1. The molecule has 2 aromatic rings. The second kappa shape index (κ2) is 5.04. The number of rotatable bonds is 2. The van der Waals surface area contributed by atoms with E-state index >= 15 is 0 Å². The summed E-state index contributed by atoms with van der Waals surface area (Å²) in [4.78, 5) is 15.9. The van der Waals surface area contributed by atoms with Gasteiger partial charge in [0.2, 0.25) is 0 Å². The summed E-state index contributed by atoms with van der Waals surface area (Å²) in [7, 11) is 0. The molecule has 0 aliphatic heterocycles. The summed E-state index contributed by atoms with van der Waals surface area (Å²) in [6.07, 6.45) is 1.63. The van der Waals surface area contributed by atoms with Crippen molar-refractivity contribution in [3.63, 3.8) is 0 Å². The molecule has 0 spiro atoms. The van der Waals surface area contributed by atoms with Gasteiger partial charge in [-0.15, -0.1) is 11.3 Å². The second-order valence-corrected chi connectivity index (χ2v) is 5.66. The number of pyridine rings is 1. The molecule has 0 bridgehead atoms. The van der Waals surface area contributed by atoms with Gasteiger partial charge in [0.1, 0.15) is 4.34 Å². The van der Waals surface area contributed by atoms with Gasteiger partial charge in [-0.2, -0.15) is 0 Å². The summed E-state index contributed by atoms with van der Waals surface area (Å²) < 4.78 is 0.879. The summed E-state index contributed by atoms with van der Waals surface area (Å²) in [5, 5.41) is 2.74. The van der Waals surface area contributed by atoms with Crippen molar-refractivity contribution in [1.82, 2.24) is 4.98 Å². The second-order valence-electron chi connectivity index (χ2n) is 3.38. The van der Waals surface area contributed by atoms with Crippen molar-refractivity contribution < 1.29 is 4.79 Å². The predicted molar refractivity (Wildman–Crippen MR) is 71.3 cm³/mol. The van der Waals surface area contributed by atoms with E-state index in [1.165, 1.54) is 11.3 Å². The van der Waals surface area contributed by atoms with Crippen molar-refractivity contribution in [1.29, 1.82) is 0 Å². The molecule has 0 aliphatic rings. The molecule has 17 heavy (non-hydrogen) atoms. The summed E-state index contributed by atoms with van der Waals surface area (Å²) in [5.41, 5.74) is 1.90. The lowest BCUT2D eigenvalue weighted by Crippen LogP contribution is -2.11. The van der Waals surface area contributed by atoms with Crippen LogP contribution in [0.5, 0.6) is 0 Å². The minimum Gasteiger partial charge on any atom is -0.322 e. The van der Waals surface area contributed by atoms with E-state index in [1.54, 1.807) is 24.4 Å². The average molecular weight is 287 g/mol. The van der Waals surface area contributed by atoms with Crippen LogP contribution in [0, 0.1) is 6.92 Å². The van der Waals surface area contributed by atoms with Gasteiger partial charge >= 0.3 is 0 Å². The van der Waals surface area contributed by atoms with Crippen LogP contribution in [0.25, 0.3) is 0 Å². The van der Waals surface area contributed by atoms with Crippen LogP contribution in [-0.2, 0) is 0 Å². The van der Waals surface area contributed by atoms with Crippen molar-refractivity contribution in [2.75, 3.05) is 5.32 Å². The zero-order valence-electron chi connectivity index (χ0n) is 8.83. The van der Waals surface area contributed by atoms with Gasteiger partial charge < -0.3 is 5.32 Å². The highest BCUT2D eigenvalue weighted by Crippen LogP contribution is 2.31. The molecule has 0 unspecified atom stereocenters. The smallest absolute Gasteiger partial charge is 0.258 e. The molecule has 6 heteroatoms. The highest BCUT2D eigenvalue weighted by atomic mass is 35.5. The molecule has 0 aromatic carbocycles. The van der Waals surface area contributed by atoms with Crippen LogP contribution >= 0.6 is 34.5 Å². The van der Waals surface area contributed by atoms with Crippen LogP contribution in [0.2, 0.25) is 8.67 Å². The Morgan fingerprint density at radius 2 is 2.18 bits per heavy atom. The lowest BCUT2D eigenvalue weighted by Gasteiger charge is -2.04. The van der Waals surface area contributed by atoms with Gasteiger partial charge in [-0.25, -0.2) is 0 Å². The molecule has 0 radical (unpaired) electrons. The number of hydrogen-bond acceptors (Lipinski definition) is 3. The fourth-order valence-electron chi connectivity index (χ4n) is 1.32. The summed E-state index contributed by atoms with van der Waals surface area (Å²) in [6.45, 7) is 1.85. The number of nitrogens with one attached hydrogen (secondary N) is 1. The number of aryl methyl sites for hydroxylation is 1. The van der Waals surface area contributed by atoms with E-state index in [1.807, 2.05) is 6.92 Å². The third-order valence-electron chi connectivity index (χ3n) is 2.06. The molecule has 2 heterocycles. The average Bonchev–Trinajstić information content (AvgIpc) is 2.58. The van der Waals surface area contributed by atoms with E-state index in [0.29, 0.717) is 19.9 Å². The van der Waals surface area contributed by atoms with Gasteiger partial charge in [0, 0.05) is 17.6 Å². The third-order valence-corrected chi connectivity index (χ3v) is 3.54. The Hall–Kier alpha value is -1.10. The van der Waals surface area contributed by atoms with E-state index in [4.69, 9.17) is 23.2 Å².